The van der Waals surface area contributed by atoms with Crippen LogP contribution in [0.3, 0.4) is 0 Å². The van der Waals surface area contributed by atoms with E-state index < -0.39 is 11.9 Å². The Hall–Kier alpha value is -1.32. The summed E-state index contributed by atoms with van der Waals surface area (Å²) in [6.45, 7) is 1.81. The Labute approximate surface area is 97.8 Å². The van der Waals surface area contributed by atoms with Gasteiger partial charge < -0.3 is 10.2 Å². The lowest BCUT2D eigenvalue weighted by atomic mass is 10.1. The highest BCUT2D eigenvalue weighted by Crippen LogP contribution is 2.27. The van der Waals surface area contributed by atoms with Gasteiger partial charge in [-0.15, -0.1) is 0 Å². The maximum absolute atomic E-state index is 13.7. The van der Waals surface area contributed by atoms with E-state index in [0.717, 1.165) is 5.76 Å². The molecule has 0 aliphatic heterocycles. The molecule has 4 heteroatoms. The summed E-state index contributed by atoms with van der Waals surface area (Å²) in [5.74, 6) is 0.775. The fourth-order valence-corrected chi connectivity index (χ4v) is 1.72. The van der Waals surface area contributed by atoms with Crippen LogP contribution in [-0.4, -0.2) is 0 Å². The molecule has 0 aliphatic rings. The lowest BCUT2D eigenvalue weighted by Crippen LogP contribution is -2.12. The van der Waals surface area contributed by atoms with E-state index in [4.69, 9.17) is 21.8 Å². The molecular weight excluding hydrogens is 229 g/mol. The number of hydrogen-bond acceptors (Lipinski definition) is 2. The summed E-state index contributed by atoms with van der Waals surface area (Å²) in [6.07, 6.45) is 0. The molecule has 1 heterocycles. The molecule has 0 saturated heterocycles. The van der Waals surface area contributed by atoms with Gasteiger partial charge in [0, 0.05) is 5.56 Å². The minimum absolute atomic E-state index is 0.0660. The van der Waals surface area contributed by atoms with Crippen LogP contribution in [0.2, 0.25) is 5.02 Å². The van der Waals surface area contributed by atoms with Gasteiger partial charge in [-0.1, -0.05) is 23.7 Å². The Morgan fingerprint density at radius 3 is 2.69 bits per heavy atom. The van der Waals surface area contributed by atoms with Gasteiger partial charge in [-0.2, -0.15) is 0 Å². The lowest BCUT2D eigenvalue weighted by molar-refractivity contribution is 0.459. The van der Waals surface area contributed by atoms with Crippen LogP contribution in [0.5, 0.6) is 0 Å². The molecule has 1 aromatic carbocycles. The monoisotopic (exact) mass is 239 g/mol. The van der Waals surface area contributed by atoms with Crippen molar-refractivity contribution in [3.63, 3.8) is 0 Å². The van der Waals surface area contributed by atoms with Crippen LogP contribution in [0.15, 0.2) is 34.7 Å². The van der Waals surface area contributed by atoms with Gasteiger partial charge >= 0.3 is 0 Å². The second kappa shape index (κ2) is 4.28. The van der Waals surface area contributed by atoms with Gasteiger partial charge in [-0.3, -0.25) is 0 Å². The number of benzene rings is 1. The van der Waals surface area contributed by atoms with E-state index in [0.29, 0.717) is 11.3 Å². The third-order valence-corrected chi connectivity index (χ3v) is 2.68. The van der Waals surface area contributed by atoms with E-state index in [1.54, 1.807) is 24.3 Å². The first kappa shape index (κ1) is 11.2. The average Bonchev–Trinajstić information content (AvgIpc) is 2.68. The maximum Gasteiger partial charge on any atom is 0.147 e. The molecule has 2 rings (SSSR count). The first-order chi connectivity index (χ1) is 7.59. The molecule has 0 radical (unpaired) electrons. The molecule has 16 heavy (non-hydrogen) atoms. The molecule has 2 aromatic rings. The summed E-state index contributed by atoms with van der Waals surface area (Å²) in [6, 6.07) is 7.64. The SMILES string of the molecule is Cc1ccc(C(N)c2cccc(Cl)c2F)o1. The third kappa shape index (κ3) is 1.96. The van der Waals surface area contributed by atoms with Crippen molar-refractivity contribution in [1.82, 2.24) is 0 Å². The van der Waals surface area contributed by atoms with E-state index in [1.165, 1.54) is 6.07 Å². The number of nitrogens with two attached hydrogens (primary N) is 1. The predicted molar refractivity (Wildman–Crippen MR) is 60.9 cm³/mol. The summed E-state index contributed by atoms with van der Waals surface area (Å²) in [7, 11) is 0. The summed E-state index contributed by atoms with van der Waals surface area (Å²) < 4.78 is 19.1. The van der Waals surface area contributed by atoms with Gasteiger partial charge in [0.15, 0.2) is 0 Å². The quantitative estimate of drug-likeness (QED) is 0.872. The van der Waals surface area contributed by atoms with Crippen LogP contribution >= 0.6 is 11.6 Å². The molecule has 0 spiro atoms. The highest BCUT2D eigenvalue weighted by molar-refractivity contribution is 6.30. The van der Waals surface area contributed by atoms with Crippen LogP contribution in [0, 0.1) is 12.7 Å². The lowest BCUT2D eigenvalue weighted by Gasteiger charge is -2.10. The fourth-order valence-electron chi connectivity index (χ4n) is 1.53. The van der Waals surface area contributed by atoms with Crippen molar-refractivity contribution in [3.8, 4) is 0 Å². The number of aryl methyl sites for hydroxylation is 1. The van der Waals surface area contributed by atoms with Crippen molar-refractivity contribution in [3.05, 3.63) is 58.3 Å². The number of rotatable bonds is 2. The van der Waals surface area contributed by atoms with Crippen molar-refractivity contribution in [2.45, 2.75) is 13.0 Å². The maximum atomic E-state index is 13.7. The Bertz CT molecular complexity index is 509. The standard InChI is InChI=1S/C12H11ClFNO/c1-7-5-6-10(16-7)12(15)8-3-2-4-9(13)11(8)14/h2-6,12H,15H2,1H3. The Morgan fingerprint density at radius 2 is 2.06 bits per heavy atom. The molecule has 0 fully saturated rings. The molecule has 1 aromatic heterocycles. The molecule has 2 N–H and O–H groups in total. The van der Waals surface area contributed by atoms with E-state index in [1.807, 2.05) is 6.92 Å². The average molecular weight is 240 g/mol. The zero-order valence-corrected chi connectivity index (χ0v) is 9.46. The highest BCUT2D eigenvalue weighted by Gasteiger charge is 2.17. The summed E-state index contributed by atoms with van der Waals surface area (Å²) in [5, 5.41) is 0.0660. The largest absolute Gasteiger partial charge is 0.464 e. The second-order valence-electron chi connectivity index (χ2n) is 3.57. The summed E-state index contributed by atoms with van der Waals surface area (Å²) in [5.41, 5.74) is 6.24. The van der Waals surface area contributed by atoms with Crippen LogP contribution in [0.1, 0.15) is 23.1 Å². The molecule has 1 atom stereocenters. The summed E-state index contributed by atoms with van der Waals surface area (Å²) in [4.78, 5) is 0. The van der Waals surface area contributed by atoms with Gasteiger partial charge in [-0.25, -0.2) is 4.39 Å². The second-order valence-corrected chi connectivity index (χ2v) is 3.98. The van der Waals surface area contributed by atoms with Crippen LogP contribution in [0.4, 0.5) is 4.39 Å². The molecule has 84 valence electrons. The van der Waals surface area contributed by atoms with Crippen molar-refractivity contribution < 1.29 is 8.81 Å². The van der Waals surface area contributed by atoms with Gasteiger partial charge in [-0.05, 0) is 25.1 Å². The number of furan rings is 1. The van der Waals surface area contributed by atoms with Crippen LogP contribution in [-0.2, 0) is 0 Å². The van der Waals surface area contributed by atoms with E-state index in [2.05, 4.69) is 0 Å². The van der Waals surface area contributed by atoms with Crippen molar-refractivity contribution >= 4 is 11.6 Å². The Kier molecular flexibility index (Phi) is 2.99. The van der Waals surface area contributed by atoms with Gasteiger partial charge in [0.25, 0.3) is 0 Å². The Morgan fingerprint density at radius 1 is 1.31 bits per heavy atom. The third-order valence-electron chi connectivity index (χ3n) is 2.38. The molecular formula is C12H11ClFNO. The minimum Gasteiger partial charge on any atom is -0.464 e. The highest BCUT2D eigenvalue weighted by atomic mass is 35.5. The number of halogens is 2. The zero-order valence-electron chi connectivity index (χ0n) is 8.71. The van der Waals surface area contributed by atoms with Gasteiger partial charge in [0.2, 0.25) is 0 Å². The molecule has 2 nitrogen and oxygen atoms in total. The van der Waals surface area contributed by atoms with Crippen molar-refractivity contribution in [2.75, 3.05) is 0 Å². The normalized spacial score (nSPS) is 12.8. The van der Waals surface area contributed by atoms with Crippen LogP contribution in [0.25, 0.3) is 0 Å². The molecule has 0 saturated carbocycles. The van der Waals surface area contributed by atoms with E-state index in [9.17, 15) is 4.39 Å². The van der Waals surface area contributed by atoms with Gasteiger partial charge in [0.1, 0.15) is 17.3 Å². The number of hydrogen-bond donors (Lipinski definition) is 1. The molecule has 0 aliphatic carbocycles. The Balaban J connectivity index is 2.41. The van der Waals surface area contributed by atoms with Crippen LogP contribution < -0.4 is 5.73 Å². The topological polar surface area (TPSA) is 39.2 Å². The molecule has 1 unspecified atom stereocenters. The first-order valence-corrected chi connectivity index (χ1v) is 5.23. The fraction of sp³-hybridized carbons (Fsp3) is 0.167. The first-order valence-electron chi connectivity index (χ1n) is 4.85. The van der Waals surface area contributed by atoms with Crippen molar-refractivity contribution in [2.24, 2.45) is 5.73 Å². The van der Waals surface area contributed by atoms with Gasteiger partial charge in [0.05, 0.1) is 11.1 Å². The van der Waals surface area contributed by atoms with E-state index in [-0.39, 0.29) is 5.02 Å². The zero-order chi connectivity index (χ0) is 11.7. The van der Waals surface area contributed by atoms with Crippen molar-refractivity contribution in [1.29, 1.82) is 0 Å². The molecule has 0 amide bonds. The summed E-state index contributed by atoms with van der Waals surface area (Å²) >= 11 is 5.69. The van der Waals surface area contributed by atoms with E-state index >= 15 is 0 Å². The molecule has 0 bridgehead atoms. The minimum atomic E-state index is -0.632. The smallest absolute Gasteiger partial charge is 0.147 e. The predicted octanol–water partition coefficient (Wildman–Crippen LogP) is 3.43.